The summed E-state index contributed by atoms with van der Waals surface area (Å²) in [6.45, 7) is 5.74. The van der Waals surface area contributed by atoms with E-state index in [4.69, 9.17) is 10.4 Å². The summed E-state index contributed by atoms with van der Waals surface area (Å²) in [5, 5.41) is 26.5. The van der Waals surface area contributed by atoms with Crippen LogP contribution in [0.1, 0.15) is 26.7 Å². The number of carboxylic acids is 1. The summed E-state index contributed by atoms with van der Waals surface area (Å²) < 4.78 is 0. The third kappa shape index (κ3) is 8.21. The van der Waals surface area contributed by atoms with Crippen molar-refractivity contribution in [2.24, 2.45) is 5.92 Å². The zero-order valence-corrected chi connectivity index (χ0v) is 9.89. The zero-order valence-electron chi connectivity index (χ0n) is 9.89. The van der Waals surface area contributed by atoms with Gasteiger partial charge in [0.15, 0.2) is 0 Å². The van der Waals surface area contributed by atoms with E-state index in [2.05, 4.69) is 0 Å². The van der Waals surface area contributed by atoms with Crippen molar-refractivity contribution in [1.82, 2.24) is 4.90 Å². The number of hydrogen-bond donors (Lipinski definition) is 2. The molecule has 0 aromatic rings. The molecule has 0 heterocycles. The van der Waals surface area contributed by atoms with Gasteiger partial charge >= 0.3 is 5.97 Å². The molecule has 0 spiro atoms. The molecule has 5 heteroatoms. The first-order valence-electron chi connectivity index (χ1n) is 5.44. The Morgan fingerprint density at radius 3 is 2.50 bits per heavy atom. The minimum Gasteiger partial charge on any atom is -0.481 e. The zero-order chi connectivity index (χ0) is 12.6. The van der Waals surface area contributed by atoms with Crippen LogP contribution < -0.4 is 0 Å². The van der Waals surface area contributed by atoms with Gasteiger partial charge in [0.2, 0.25) is 0 Å². The monoisotopic (exact) mass is 228 g/mol. The Kier molecular flexibility index (Phi) is 7.52. The summed E-state index contributed by atoms with van der Waals surface area (Å²) >= 11 is 0. The van der Waals surface area contributed by atoms with Crippen LogP contribution in [0.5, 0.6) is 0 Å². The lowest BCUT2D eigenvalue weighted by atomic mass is 10.1. The molecule has 0 aliphatic carbocycles. The Hall–Kier alpha value is -1.12. The minimum atomic E-state index is -1.00. The van der Waals surface area contributed by atoms with E-state index in [-0.39, 0.29) is 6.42 Å². The van der Waals surface area contributed by atoms with E-state index < -0.39 is 12.1 Å². The Balaban J connectivity index is 4.08. The van der Waals surface area contributed by atoms with E-state index in [1.54, 1.807) is 0 Å². The lowest BCUT2D eigenvalue weighted by Gasteiger charge is -2.25. The summed E-state index contributed by atoms with van der Waals surface area (Å²) in [4.78, 5) is 12.3. The number of nitriles is 1. The quantitative estimate of drug-likeness (QED) is 0.638. The van der Waals surface area contributed by atoms with Crippen LogP contribution in [0.2, 0.25) is 0 Å². The number of aliphatic carboxylic acids is 1. The Labute approximate surface area is 96.3 Å². The number of rotatable bonds is 8. The maximum atomic E-state index is 10.4. The number of aliphatic hydroxyl groups excluding tert-OH is 1. The molecule has 0 amide bonds. The highest BCUT2D eigenvalue weighted by Gasteiger charge is 2.15. The molecular weight excluding hydrogens is 208 g/mol. The second-order valence-electron chi connectivity index (χ2n) is 4.31. The molecule has 0 radical (unpaired) electrons. The number of carboxylic acid groups (broad SMARTS) is 1. The standard InChI is InChI=1S/C11H20N2O3/c1-9(2)7-13(5-3-4-12)8-10(14)6-11(15)16/h9-10,14H,3,5-8H2,1-2H3,(H,15,16). The molecule has 1 atom stereocenters. The lowest BCUT2D eigenvalue weighted by Crippen LogP contribution is -2.36. The van der Waals surface area contributed by atoms with Crippen molar-refractivity contribution in [3.8, 4) is 6.07 Å². The third-order valence-electron chi connectivity index (χ3n) is 2.04. The van der Waals surface area contributed by atoms with E-state index in [0.29, 0.717) is 25.4 Å². The summed E-state index contributed by atoms with van der Waals surface area (Å²) in [7, 11) is 0. The maximum Gasteiger partial charge on any atom is 0.306 e. The van der Waals surface area contributed by atoms with Gasteiger partial charge in [-0.05, 0) is 5.92 Å². The highest BCUT2D eigenvalue weighted by molar-refractivity contribution is 5.67. The predicted molar refractivity (Wildman–Crippen MR) is 59.8 cm³/mol. The topological polar surface area (TPSA) is 84.6 Å². The van der Waals surface area contributed by atoms with Crippen LogP contribution >= 0.6 is 0 Å². The van der Waals surface area contributed by atoms with E-state index >= 15 is 0 Å². The first-order valence-corrected chi connectivity index (χ1v) is 5.44. The van der Waals surface area contributed by atoms with Crippen molar-refractivity contribution in [2.75, 3.05) is 19.6 Å². The third-order valence-corrected chi connectivity index (χ3v) is 2.04. The fourth-order valence-electron chi connectivity index (χ4n) is 1.55. The molecule has 16 heavy (non-hydrogen) atoms. The maximum absolute atomic E-state index is 10.4. The fraction of sp³-hybridized carbons (Fsp3) is 0.818. The highest BCUT2D eigenvalue weighted by atomic mass is 16.4. The number of hydrogen-bond acceptors (Lipinski definition) is 4. The van der Waals surface area contributed by atoms with Crippen LogP contribution in [0.3, 0.4) is 0 Å². The second-order valence-corrected chi connectivity index (χ2v) is 4.31. The van der Waals surface area contributed by atoms with E-state index in [1.807, 2.05) is 24.8 Å². The smallest absolute Gasteiger partial charge is 0.306 e. The Morgan fingerprint density at radius 1 is 1.44 bits per heavy atom. The van der Waals surface area contributed by atoms with Gasteiger partial charge in [0, 0.05) is 26.1 Å². The summed E-state index contributed by atoms with van der Waals surface area (Å²) in [6, 6.07) is 2.05. The molecule has 2 N–H and O–H groups in total. The SMILES string of the molecule is CC(C)CN(CCC#N)CC(O)CC(=O)O. The molecule has 0 aromatic carbocycles. The van der Waals surface area contributed by atoms with Gasteiger partial charge < -0.3 is 10.2 Å². The van der Waals surface area contributed by atoms with Crippen LogP contribution in [0, 0.1) is 17.2 Å². The van der Waals surface area contributed by atoms with Crippen molar-refractivity contribution < 1.29 is 15.0 Å². The molecule has 0 aliphatic heterocycles. The molecule has 92 valence electrons. The van der Waals surface area contributed by atoms with Crippen LogP contribution in [0.4, 0.5) is 0 Å². The predicted octanol–water partition coefficient (Wildman–Crippen LogP) is 0.694. The van der Waals surface area contributed by atoms with Crippen molar-refractivity contribution in [3.05, 3.63) is 0 Å². The lowest BCUT2D eigenvalue weighted by molar-refractivity contribution is -0.139. The number of nitrogens with zero attached hydrogens (tertiary/aromatic N) is 2. The van der Waals surface area contributed by atoms with Crippen LogP contribution in [-0.2, 0) is 4.79 Å². The van der Waals surface area contributed by atoms with E-state index in [1.165, 1.54) is 0 Å². The van der Waals surface area contributed by atoms with E-state index in [0.717, 1.165) is 6.54 Å². The summed E-state index contributed by atoms with van der Waals surface area (Å²) in [5.74, 6) is -0.576. The van der Waals surface area contributed by atoms with Gasteiger partial charge in [-0.15, -0.1) is 0 Å². The molecule has 0 rings (SSSR count). The largest absolute Gasteiger partial charge is 0.481 e. The average molecular weight is 228 g/mol. The van der Waals surface area contributed by atoms with Gasteiger partial charge in [-0.2, -0.15) is 5.26 Å². The summed E-state index contributed by atoms with van der Waals surface area (Å²) in [5.41, 5.74) is 0. The first kappa shape index (κ1) is 14.9. The fourth-order valence-corrected chi connectivity index (χ4v) is 1.55. The molecule has 0 aromatic heterocycles. The average Bonchev–Trinajstić information content (AvgIpc) is 2.11. The first-order chi connectivity index (χ1) is 7.45. The van der Waals surface area contributed by atoms with Crippen LogP contribution in [0.25, 0.3) is 0 Å². The highest BCUT2D eigenvalue weighted by Crippen LogP contribution is 2.03. The van der Waals surface area contributed by atoms with E-state index in [9.17, 15) is 9.90 Å². The van der Waals surface area contributed by atoms with Gasteiger partial charge in [-0.25, -0.2) is 0 Å². The van der Waals surface area contributed by atoms with Crippen LogP contribution in [0.15, 0.2) is 0 Å². The normalized spacial score (nSPS) is 12.8. The van der Waals surface area contributed by atoms with Crippen molar-refractivity contribution in [2.45, 2.75) is 32.8 Å². The second kappa shape index (κ2) is 8.08. The molecular formula is C11H20N2O3. The van der Waals surface area contributed by atoms with Crippen molar-refractivity contribution in [1.29, 1.82) is 5.26 Å². The van der Waals surface area contributed by atoms with Gasteiger partial charge in [-0.1, -0.05) is 13.8 Å². The molecule has 0 saturated carbocycles. The van der Waals surface area contributed by atoms with Crippen LogP contribution in [-0.4, -0.2) is 46.8 Å². The van der Waals surface area contributed by atoms with Crippen molar-refractivity contribution in [3.63, 3.8) is 0 Å². The molecule has 5 nitrogen and oxygen atoms in total. The minimum absolute atomic E-state index is 0.249. The van der Waals surface area contributed by atoms with Gasteiger partial charge in [0.25, 0.3) is 0 Å². The Bertz CT molecular complexity index is 248. The van der Waals surface area contributed by atoms with Gasteiger partial charge in [0.05, 0.1) is 18.6 Å². The van der Waals surface area contributed by atoms with Crippen molar-refractivity contribution >= 4 is 5.97 Å². The summed E-state index contributed by atoms with van der Waals surface area (Å²) in [6.07, 6.45) is -0.719. The Morgan fingerprint density at radius 2 is 2.06 bits per heavy atom. The van der Waals surface area contributed by atoms with Gasteiger partial charge in [0.1, 0.15) is 0 Å². The molecule has 0 bridgehead atoms. The molecule has 0 fully saturated rings. The number of carbonyl (C=O) groups is 1. The number of aliphatic hydroxyl groups is 1. The molecule has 0 aliphatic rings. The van der Waals surface area contributed by atoms with Gasteiger partial charge in [-0.3, -0.25) is 9.69 Å². The molecule has 0 saturated heterocycles. The molecule has 1 unspecified atom stereocenters.